The van der Waals surface area contributed by atoms with Crippen LogP contribution in [0.5, 0.6) is 0 Å². The molecule has 0 aromatic heterocycles. The molecule has 0 aliphatic carbocycles. The lowest BCUT2D eigenvalue weighted by Crippen LogP contribution is -2.55. The van der Waals surface area contributed by atoms with Gasteiger partial charge < -0.3 is 43.7 Å². The van der Waals surface area contributed by atoms with Crippen LogP contribution in [0, 0.1) is 0 Å². The van der Waals surface area contributed by atoms with Gasteiger partial charge in [-0.15, -0.1) is 0 Å². The van der Waals surface area contributed by atoms with Crippen LogP contribution in [0.4, 0.5) is 0 Å². The highest BCUT2D eigenvalue weighted by molar-refractivity contribution is 7.54. The smallest absolute Gasteiger partial charge is 0.332 e. The molecule has 1 atom stereocenters. The van der Waals surface area contributed by atoms with E-state index in [-0.39, 0.29) is 65.1 Å². The van der Waals surface area contributed by atoms with Crippen LogP contribution in [0.2, 0.25) is 0 Å². The Bertz CT molecular complexity index is 1050. The van der Waals surface area contributed by atoms with Gasteiger partial charge in [-0.1, -0.05) is 0 Å². The van der Waals surface area contributed by atoms with Gasteiger partial charge >= 0.3 is 13.6 Å². The molecule has 1 rings (SSSR count). The summed E-state index contributed by atoms with van der Waals surface area (Å²) in [5, 5.41) is 13.7. The second-order valence-electron chi connectivity index (χ2n) is 12.1. The monoisotopic (exact) mass is 679 g/mol. The minimum absolute atomic E-state index is 0.0596. The molecule has 4 amide bonds. The number of carbonyl (C=O) groups excluding carboxylic acids is 4. The number of carboxylic acid groups (broad SMARTS) is 1. The molecule has 0 spiro atoms. The molecule has 1 heterocycles. The first kappa shape index (κ1) is 41.3. The Morgan fingerprint density at radius 1 is 0.761 bits per heavy atom. The second-order valence-corrected chi connectivity index (χ2v) is 14.1. The van der Waals surface area contributed by atoms with Gasteiger partial charge in [-0.3, -0.25) is 33.4 Å². The topological polar surface area (TPSA) is 205 Å². The first-order valence-electron chi connectivity index (χ1n) is 15.1. The number of imide groups is 1. The van der Waals surface area contributed by atoms with Crippen LogP contribution >= 0.6 is 7.60 Å². The average molecular weight is 680 g/mol. The fourth-order valence-corrected chi connectivity index (χ4v) is 6.15. The van der Waals surface area contributed by atoms with Crippen LogP contribution in [-0.4, -0.2) is 129 Å². The molecule has 17 heteroatoms. The summed E-state index contributed by atoms with van der Waals surface area (Å²) in [6.07, 6.45) is 1.56. The van der Waals surface area contributed by atoms with Crippen molar-refractivity contribution >= 4 is 37.2 Å². The van der Waals surface area contributed by atoms with Crippen LogP contribution in [0.1, 0.15) is 54.4 Å². The molecule has 3 N–H and O–H groups in total. The van der Waals surface area contributed by atoms with Crippen molar-refractivity contribution in [2.75, 3.05) is 72.1 Å². The van der Waals surface area contributed by atoms with E-state index in [0.29, 0.717) is 19.8 Å². The predicted octanol–water partition coefficient (Wildman–Crippen LogP) is 1.27. The van der Waals surface area contributed by atoms with Crippen molar-refractivity contribution in [1.82, 2.24) is 15.5 Å². The molecule has 0 saturated carbocycles. The van der Waals surface area contributed by atoms with Crippen LogP contribution in [0.3, 0.4) is 0 Å². The summed E-state index contributed by atoms with van der Waals surface area (Å²) in [5.41, 5.74) is -1.59. The number of nitrogens with one attached hydrogen (secondary N) is 2. The lowest BCUT2D eigenvalue weighted by molar-refractivity contribution is -0.145. The van der Waals surface area contributed by atoms with E-state index in [9.17, 15) is 28.5 Å². The second kappa shape index (κ2) is 20.5. The molecule has 46 heavy (non-hydrogen) atoms. The average Bonchev–Trinajstić information content (AvgIpc) is 3.25. The minimum atomic E-state index is -3.68. The zero-order chi connectivity index (χ0) is 34.8. The summed E-state index contributed by atoms with van der Waals surface area (Å²) in [6, 6.07) is -1.33. The zero-order valence-corrected chi connectivity index (χ0v) is 28.6. The molecule has 1 aliphatic heterocycles. The number of carbonyl (C=O) groups is 5. The summed E-state index contributed by atoms with van der Waals surface area (Å²) in [5.74, 6) is -3.55. The third-order valence-electron chi connectivity index (χ3n) is 5.51. The van der Waals surface area contributed by atoms with Crippen LogP contribution in [0.25, 0.3) is 0 Å². The molecule has 0 fully saturated rings. The Morgan fingerprint density at radius 2 is 1.22 bits per heavy atom. The van der Waals surface area contributed by atoms with Crippen molar-refractivity contribution in [2.45, 2.75) is 71.6 Å². The maximum absolute atomic E-state index is 13.4. The first-order chi connectivity index (χ1) is 21.4. The molecule has 264 valence electrons. The van der Waals surface area contributed by atoms with E-state index < -0.39 is 54.4 Å². The van der Waals surface area contributed by atoms with Gasteiger partial charge in [-0.05, 0) is 41.5 Å². The molecular weight excluding hydrogens is 629 g/mol. The Hall–Kier alpha value is -2.72. The summed E-state index contributed by atoms with van der Waals surface area (Å²) >= 11 is 0. The number of hydrogen-bond acceptors (Lipinski definition) is 12. The zero-order valence-electron chi connectivity index (χ0n) is 27.7. The molecule has 16 nitrogen and oxygen atoms in total. The van der Waals surface area contributed by atoms with E-state index in [1.807, 2.05) is 0 Å². The largest absolute Gasteiger partial charge is 0.481 e. The fraction of sp³-hybridized carbons (Fsp3) is 0.759. The van der Waals surface area contributed by atoms with Crippen molar-refractivity contribution < 1.29 is 61.6 Å². The third-order valence-corrected chi connectivity index (χ3v) is 7.93. The lowest BCUT2D eigenvalue weighted by Gasteiger charge is -2.32. The van der Waals surface area contributed by atoms with Crippen molar-refractivity contribution in [2.24, 2.45) is 0 Å². The van der Waals surface area contributed by atoms with Gasteiger partial charge in [0.05, 0.1) is 76.6 Å². The minimum Gasteiger partial charge on any atom is -0.481 e. The number of rotatable bonds is 24. The fourth-order valence-electron chi connectivity index (χ4n) is 3.79. The van der Waals surface area contributed by atoms with Gasteiger partial charge in [0.2, 0.25) is 11.8 Å². The quantitative estimate of drug-likeness (QED) is 0.0748. The van der Waals surface area contributed by atoms with Gasteiger partial charge in [0.25, 0.3) is 11.8 Å². The Balaban J connectivity index is 2.45. The van der Waals surface area contributed by atoms with E-state index in [1.165, 1.54) is 0 Å². The lowest BCUT2D eigenvalue weighted by atomic mass is 10.2. The van der Waals surface area contributed by atoms with Gasteiger partial charge in [0.1, 0.15) is 6.04 Å². The molecule has 0 unspecified atom stereocenters. The van der Waals surface area contributed by atoms with E-state index in [0.717, 1.165) is 17.1 Å². The highest BCUT2D eigenvalue weighted by atomic mass is 31.2. The normalized spacial score (nSPS) is 14.5. The molecule has 1 aliphatic rings. The summed E-state index contributed by atoms with van der Waals surface area (Å²) in [6.45, 7) is 12.0. The Labute approximate surface area is 270 Å². The van der Waals surface area contributed by atoms with Gasteiger partial charge in [0, 0.05) is 31.7 Å². The number of ether oxygens (including phenoxy) is 4. The maximum atomic E-state index is 13.4. The number of amides is 4. The summed E-state index contributed by atoms with van der Waals surface area (Å²) < 4.78 is 45.9. The summed E-state index contributed by atoms with van der Waals surface area (Å²) in [7, 11) is -3.68. The maximum Gasteiger partial charge on any atom is 0.332 e. The van der Waals surface area contributed by atoms with Crippen LogP contribution < -0.4 is 10.6 Å². The molecule has 0 aromatic rings. The Kier molecular flexibility index (Phi) is 18.4. The Morgan fingerprint density at radius 3 is 1.67 bits per heavy atom. The van der Waals surface area contributed by atoms with Crippen molar-refractivity contribution in [1.29, 1.82) is 0 Å². The molecule has 0 aromatic carbocycles. The molecule has 0 bridgehead atoms. The van der Waals surface area contributed by atoms with E-state index >= 15 is 0 Å². The first-order valence-corrected chi connectivity index (χ1v) is 16.8. The number of carboxylic acids is 1. The number of nitrogens with zero attached hydrogens (tertiary/aromatic N) is 1. The van der Waals surface area contributed by atoms with Crippen molar-refractivity contribution in [3.05, 3.63) is 12.2 Å². The van der Waals surface area contributed by atoms with Crippen molar-refractivity contribution in [3.63, 3.8) is 0 Å². The highest BCUT2D eigenvalue weighted by Gasteiger charge is 2.37. The van der Waals surface area contributed by atoms with E-state index in [4.69, 9.17) is 33.1 Å². The van der Waals surface area contributed by atoms with E-state index in [2.05, 4.69) is 10.6 Å². The number of hydrogen-bond donors (Lipinski definition) is 3. The molecular formula is C29H50N3O13P. The van der Waals surface area contributed by atoms with Crippen molar-refractivity contribution in [3.8, 4) is 0 Å². The standard InChI is InChI=1S/C29H50N3O13P/c1-28(2,3)44-46(39,45-29(4,5)6)20-10-23(33)31-21-22(32-24(34)7-8-25(32)35)27(38)30-11-13-41-15-17-43-19-18-42-16-14-40-12-9-26(36)37/h7-8,22H,9-21H2,1-6H3,(H,30,38)(H,31,33)(H,36,37)/t22-/m0/s1. The van der Waals surface area contributed by atoms with Crippen LogP contribution in [0.15, 0.2) is 12.2 Å². The van der Waals surface area contributed by atoms with Gasteiger partial charge in [-0.2, -0.15) is 0 Å². The number of aliphatic carboxylic acids is 1. The van der Waals surface area contributed by atoms with Gasteiger partial charge in [-0.25, -0.2) is 0 Å². The van der Waals surface area contributed by atoms with Crippen LogP contribution in [-0.2, 0) is 56.5 Å². The third kappa shape index (κ3) is 19.1. The van der Waals surface area contributed by atoms with Gasteiger partial charge in [0.15, 0.2) is 0 Å². The summed E-state index contributed by atoms with van der Waals surface area (Å²) in [4.78, 5) is 61.4. The molecule has 0 saturated heterocycles. The molecule has 0 radical (unpaired) electrons. The van der Waals surface area contributed by atoms with E-state index in [1.54, 1.807) is 41.5 Å². The SMILES string of the molecule is CC(C)(C)OP(=O)(CCC(=O)NC[C@@H](C(=O)NCCOCCOCCOCCOCCC(=O)O)N1C(=O)C=CC1=O)OC(C)(C)C. The highest BCUT2D eigenvalue weighted by Crippen LogP contribution is 2.54. The predicted molar refractivity (Wildman–Crippen MR) is 165 cm³/mol.